The lowest BCUT2D eigenvalue weighted by Gasteiger charge is -2.20. The summed E-state index contributed by atoms with van der Waals surface area (Å²) in [4.78, 5) is 3.77. The van der Waals surface area contributed by atoms with Gasteiger partial charge in [-0.15, -0.1) is 11.6 Å². The maximum atomic E-state index is 13.6. The van der Waals surface area contributed by atoms with Gasteiger partial charge in [-0.3, -0.25) is 4.98 Å². The van der Waals surface area contributed by atoms with E-state index in [1.54, 1.807) is 12.3 Å². The van der Waals surface area contributed by atoms with Crippen LogP contribution in [0, 0.1) is 5.82 Å². The van der Waals surface area contributed by atoms with E-state index in [9.17, 15) is 4.39 Å². The van der Waals surface area contributed by atoms with Crippen LogP contribution in [0.25, 0.3) is 0 Å². The monoisotopic (exact) mass is 227 g/mol. The molecule has 2 rings (SSSR count). The zero-order chi connectivity index (χ0) is 10.7. The minimum atomic E-state index is -0.213. The summed E-state index contributed by atoms with van der Waals surface area (Å²) in [5, 5.41) is 0.0735. The minimum absolute atomic E-state index is 0.0735. The smallest absolute Gasteiger partial charge is 0.144 e. The van der Waals surface area contributed by atoms with Crippen molar-refractivity contribution < 1.29 is 4.39 Å². The quantitative estimate of drug-likeness (QED) is 0.524. The van der Waals surface area contributed by atoms with Gasteiger partial charge in [0, 0.05) is 17.5 Å². The van der Waals surface area contributed by atoms with E-state index in [1.807, 2.05) is 0 Å². The molecule has 15 heavy (non-hydrogen) atoms. The van der Waals surface area contributed by atoms with Crippen LogP contribution in [0.2, 0.25) is 0 Å². The van der Waals surface area contributed by atoms with Crippen LogP contribution in [0.1, 0.15) is 43.6 Å². The average molecular weight is 228 g/mol. The van der Waals surface area contributed by atoms with Crippen LogP contribution in [0.3, 0.4) is 0 Å². The van der Waals surface area contributed by atoms with E-state index in [-0.39, 0.29) is 17.1 Å². The van der Waals surface area contributed by atoms with E-state index < -0.39 is 0 Å². The number of hydrogen-bond acceptors (Lipinski definition) is 1. The van der Waals surface area contributed by atoms with Crippen molar-refractivity contribution in [3.63, 3.8) is 0 Å². The first-order chi connectivity index (χ1) is 7.29. The van der Waals surface area contributed by atoms with Crippen LogP contribution in [0.15, 0.2) is 18.5 Å². The summed E-state index contributed by atoms with van der Waals surface area (Å²) in [6.07, 6.45) is 8.44. The molecule has 0 amide bonds. The van der Waals surface area contributed by atoms with Crippen molar-refractivity contribution in [3.8, 4) is 0 Å². The second-order valence-electron chi connectivity index (χ2n) is 4.16. The Hall–Kier alpha value is -0.630. The van der Waals surface area contributed by atoms with Crippen LogP contribution in [-0.4, -0.2) is 10.4 Å². The van der Waals surface area contributed by atoms with Gasteiger partial charge >= 0.3 is 0 Å². The normalized spacial score (nSPS) is 27.3. The Labute approximate surface area is 94.7 Å². The minimum Gasteiger partial charge on any atom is -0.262 e. The molecule has 0 aliphatic heterocycles. The highest BCUT2D eigenvalue weighted by molar-refractivity contribution is 6.21. The van der Waals surface area contributed by atoms with Crippen molar-refractivity contribution in [2.75, 3.05) is 0 Å². The third kappa shape index (κ3) is 2.49. The maximum absolute atomic E-state index is 13.6. The molecule has 1 aromatic rings. The second kappa shape index (κ2) is 4.93. The van der Waals surface area contributed by atoms with E-state index in [0.717, 1.165) is 31.2 Å². The SMILES string of the molecule is Fc1cnccc1C1CCCCCC1Cl. The van der Waals surface area contributed by atoms with Crippen molar-refractivity contribution in [2.24, 2.45) is 0 Å². The maximum Gasteiger partial charge on any atom is 0.144 e. The Kier molecular flexibility index (Phi) is 3.57. The molecule has 1 aromatic heterocycles. The zero-order valence-electron chi connectivity index (χ0n) is 8.63. The molecule has 1 nitrogen and oxygen atoms in total. The second-order valence-corrected chi connectivity index (χ2v) is 4.72. The van der Waals surface area contributed by atoms with Crippen molar-refractivity contribution in [1.29, 1.82) is 0 Å². The molecule has 0 spiro atoms. The molecule has 1 saturated carbocycles. The van der Waals surface area contributed by atoms with Crippen molar-refractivity contribution in [1.82, 2.24) is 4.98 Å². The third-order valence-electron chi connectivity index (χ3n) is 3.13. The van der Waals surface area contributed by atoms with Crippen LogP contribution in [0.5, 0.6) is 0 Å². The molecule has 0 bridgehead atoms. The molecule has 2 unspecified atom stereocenters. The fraction of sp³-hybridized carbons (Fsp3) is 0.583. The number of rotatable bonds is 1. The van der Waals surface area contributed by atoms with Gasteiger partial charge < -0.3 is 0 Å². The highest BCUT2D eigenvalue weighted by atomic mass is 35.5. The highest BCUT2D eigenvalue weighted by Crippen LogP contribution is 2.35. The molecule has 1 aliphatic rings. The van der Waals surface area contributed by atoms with Gasteiger partial charge in [-0.1, -0.05) is 19.3 Å². The van der Waals surface area contributed by atoms with Crippen LogP contribution in [-0.2, 0) is 0 Å². The predicted molar refractivity (Wildman–Crippen MR) is 59.7 cm³/mol. The van der Waals surface area contributed by atoms with E-state index in [0.29, 0.717) is 0 Å². The Morgan fingerprint density at radius 1 is 1.27 bits per heavy atom. The van der Waals surface area contributed by atoms with Crippen molar-refractivity contribution in [3.05, 3.63) is 29.8 Å². The summed E-state index contributed by atoms with van der Waals surface area (Å²) in [5.74, 6) is -0.0489. The van der Waals surface area contributed by atoms with Gasteiger partial charge in [0.25, 0.3) is 0 Å². The molecule has 1 heterocycles. The summed E-state index contributed by atoms with van der Waals surface area (Å²) in [5.41, 5.74) is 0.743. The van der Waals surface area contributed by atoms with Gasteiger partial charge in [0.1, 0.15) is 5.82 Å². The number of hydrogen-bond donors (Lipinski definition) is 0. The van der Waals surface area contributed by atoms with Gasteiger partial charge in [0.2, 0.25) is 0 Å². The van der Waals surface area contributed by atoms with E-state index in [4.69, 9.17) is 11.6 Å². The number of aromatic nitrogens is 1. The molecule has 0 radical (unpaired) electrons. The Balaban J connectivity index is 2.24. The first-order valence-corrected chi connectivity index (χ1v) is 5.96. The summed E-state index contributed by atoms with van der Waals surface area (Å²) in [7, 11) is 0. The topological polar surface area (TPSA) is 12.9 Å². The summed E-state index contributed by atoms with van der Waals surface area (Å²) < 4.78 is 13.6. The number of pyridine rings is 1. The lowest BCUT2D eigenvalue weighted by molar-refractivity contribution is 0.537. The molecular weight excluding hydrogens is 213 g/mol. The van der Waals surface area contributed by atoms with Gasteiger partial charge in [-0.05, 0) is 24.5 Å². The molecule has 0 saturated heterocycles. The van der Waals surface area contributed by atoms with Gasteiger partial charge in [-0.25, -0.2) is 4.39 Å². The number of alkyl halides is 1. The van der Waals surface area contributed by atoms with Crippen LogP contribution >= 0.6 is 11.6 Å². The molecular formula is C12H15ClFN. The third-order valence-corrected chi connectivity index (χ3v) is 3.66. The van der Waals surface area contributed by atoms with Crippen LogP contribution in [0.4, 0.5) is 4.39 Å². The van der Waals surface area contributed by atoms with Crippen LogP contribution < -0.4 is 0 Å². The molecule has 0 N–H and O–H groups in total. The zero-order valence-corrected chi connectivity index (χ0v) is 9.38. The largest absolute Gasteiger partial charge is 0.262 e. The fourth-order valence-electron chi connectivity index (χ4n) is 2.30. The van der Waals surface area contributed by atoms with E-state index in [1.165, 1.54) is 12.6 Å². The van der Waals surface area contributed by atoms with Crippen molar-refractivity contribution in [2.45, 2.75) is 43.4 Å². The summed E-state index contributed by atoms with van der Waals surface area (Å²) in [6, 6.07) is 1.76. The number of halogens is 2. The molecule has 3 heteroatoms. The molecule has 1 fully saturated rings. The van der Waals surface area contributed by atoms with Gasteiger partial charge in [-0.2, -0.15) is 0 Å². The molecule has 0 aromatic carbocycles. The van der Waals surface area contributed by atoms with Crippen molar-refractivity contribution >= 4 is 11.6 Å². The fourth-order valence-corrected chi connectivity index (χ4v) is 2.72. The standard InChI is InChI=1S/C12H15ClFN/c13-11-5-3-1-2-4-9(11)10-6-7-15-8-12(10)14/h6-9,11H,1-5H2. The van der Waals surface area contributed by atoms with E-state index >= 15 is 0 Å². The average Bonchev–Trinajstić information content (AvgIpc) is 2.44. The highest BCUT2D eigenvalue weighted by Gasteiger charge is 2.25. The lowest BCUT2D eigenvalue weighted by Crippen LogP contribution is -2.12. The van der Waals surface area contributed by atoms with E-state index in [2.05, 4.69) is 4.98 Å². The first kappa shape index (κ1) is 10.9. The Bertz CT molecular complexity index is 329. The molecule has 2 atom stereocenters. The molecule has 82 valence electrons. The summed E-state index contributed by atoms with van der Waals surface area (Å²) in [6.45, 7) is 0. The first-order valence-electron chi connectivity index (χ1n) is 5.52. The summed E-state index contributed by atoms with van der Waals surface area (Å²) >= 11 is 6.31. The number of nitrogens with zero attached hydrogens (tertiary/aromatic N) is 1. The molecule has 1 aliphatic carbocycles. The van der Waals surface area contributed by atoms with Gasteiger partial charge in [0.05, 0.1) is 6.20 Å². The lowest BCUT2D eigenvalue weighted by atomic mass is 9.92. The van der Waals surface area contributed by atoms with Gasteiger partial charge in [0.15, 0.2) is 0 Å². The predicted octanol–water partition coefficient (Wildman–Crippen LogP) is 3.88. The Morgan fingerprint density at radius 3 is 2.87 bits per heavy atom. The Morgan fingerprint density at radius 2 is 2.07 bits per heavy atom.